The van der Waals surface area contributed by atoms with Crippen LogP contribution in [0.4, 0.5) is 5.69 Å². The topological polar surface area (TPSA) is 26.0 Å². The van der Waals surface area contributed by atoms with Gasteiger partial charge in [0.2, 0.25) is 0 Å². The van der Waals surface area contributed by atoms with Crippen LogP contribution in [-0.4, -0.2) is 0 Å². The first-order valence-corrected chi connectivity index (χ1v) is 3.38. The van der Waals surface area contributed by atoms with Gasteiger partial charge >= 0.3 is 0 Å². The number of para-hydroxylation sites is 1. The van der Waals surface area contributed by atoms with Gasteiger partial charge < -0.3 is 5.73 Å². The number of hydrogen-bond donors (Lipinski definition) is 1. The van der Waals surface area contributed by atoms with Crippen molar-refractivity contribution < 1.29 is 0 Å². The predicted octanol–water partition coefficient (Wildman–Crippen LogP) is 2.30. The van der Waals surface area contributed by atoms with E-state index in [1.807, 2.05) is 24.3 Å². The quantitative estimate of drug-likeness (QED) is 0.559. The molecule has 0 aliphatic carbocycles. The van der Waals surface area contributed by atoms with Crippen molar-refractivity contribution in [2.75, 3.05) is 5.73 Å². The molecule has 0 spiro atoms. The number of anilines is 1. The number of nitrogen functional groups attached to an aromatic ring is 1. The Balaban J connectivity index is 0.000000640. The smallest absolute Gasteiger partial charge is 0.0449 e. The number of benzene rings is 1. The molecule has 0 aromatic heterocycles. The molecule has 0 unspecified atom stereocenters. The number of rotatable bonds is 0. The Kier molecular flexibility index (Phi) is 3.97. The lowest BCUT2D eigenvalue weighted by molar-refractivity contribution is 1.63. The lowest BCUT2D eigenvalue weighted by atomic mass is 10.3. The highest BCUT2D eigenvalue weighted by Gasteiger charge is 1.86. The maximum Gasteiger partial charge on any atom is 0.0449 e. The van der Waals surface area contributed by atoms with Gasteiger partial charge in [-0.2, -0.15) is 0 Å². The van der Waals surface area contributed by atoms with E-state index in [0.717, 1.165) is 9.26 Å². The molecule has 9 heavy (non-hydrogen) atoms. The van der Waals surface area contributed by atoms with Gasteiger partial charge in [-0.05, 0) is 34.7 Å². The summed E-state index contributed by atoms with van der Waals surface area (Å²) in [4.78, 5) is 0. The van der Waals surface area contributed by atoms with Crippen LogP contribution in [0.2, 0.25) is 0 Å². The fourth-order valence-electron chi connectivity index (χ4n) is 0.475. The standard InChI is InChI=1S/C6H6IN.ClH/c7-5-3-1-2-4-6(5)8;/h1-4H,8H2;1H. The van der Waals surface area contributed by atoms with Gasteiger partial charge in [0.15, 0.2) is 0 Å². The molecule has 1 rings (SSSR count). The fraction of sp³-hybridized carbons (Fsp3) is 0. The average molecular weight is 255 g/mol. The van der Waals surface area contributed by atoms with Crippen LogP contribution < -0.4 is 5.73 Å². The number of hydrogen-bond acceptors (Lipinski definition) is 1. The molecule has 3 heteroatoms. The largest absolute Gasteiger partial charge is 0.398 e. The molecule has 0 radical (unpaired) electrons. The van der Waals surface area contributed by atoms with Crippen molar-refractivity contribution in [3.05, 3.63) is 27.8 Å². The molecule has 50 valence electrons. The minimum Gasteiger partial charge on any atom is -0.398 e. The third-order valence-corrected chi connectivity index (χ3v) is 1.89. The van der Waals surface area contributed by atoms with Crippen LogP contribution in [0.1, 0.15) is 0 Å². The Labute approximate surface area is 74.2 Å². The fourth-order valence-corrected chi connectivity index (χ4v) is 0.862. The van der Waals surface area contributed by atoms with Gasteiger partial charge in [0.25, 0.3) is 0 Å². The summed E-state index contributed by atoms with van der Waals surface area (Å²) in [6.45, 7) is 0. The van der Waals surface area contributed by atoms with Crippen molar-refractivity contribution in [3.63, 3.8) is 0 Å². The Bertz CT molecular complexity index is 169. The van der Waals surface area contributed by atoms with Gasteiger partial charge in [-0.15, -0.1) is 12.4 Å². The molecule has 0 fully saturated rings. The zero-order valence-electron chi connectivity index (χ0n) is 4.67. The molecule has 2 N–H and O–H groups in total. The second-order valence-corrected chi connectivity index (χ2v) is 2.68. The molecule has 0 saturated heterocycles. The molecule has 0 heterocycles. The maximum atomic E-state index is 5.51. The molecule has 0 aliphatic heterocycles. The van der Waals surface area contributed by atoms with E-state index in [2.05, 4.69) is 22.6 Å². The first-order chi connectivity index (χ1) is 3.80. The summed E-state index contributed by atoms with van der Waals surface area (Å²) in [5.74, 6) is 0. The van der Waals surface area contributed by atoms with Gasteiger partial charge in [0.05, 0.1) is 0 Å². The van der Waals surface area contributed by atoms with Gasteiger partial charge in [-0.3, -0.25) is 0 Å². The summed E-state index contributed by atoms with van der Waals surface area (Å²) >= 11 is 2.20. The lowest BCUT2D eigenvalue weighted by Gasteiger charge is -1.91. The second kappa shape index (κ2) is 3.95. The first kappa shape index (κ1) is 9.04. The maximum absolute atomic E-state index is 5.51. The summed E-state index contributed by atoms with van der Waals surface area (Å²) in [5.41, 5.74) is 6.37. The van der Waals surface area contributed by atoms with Crippen molar-refractivity contribution in [3.8, 4) is 0 Å². The molecule has 1 aromatic rings. The summed E-state index contributed by atoms with van der Waals surface area (Å²) < 4.78 is 1.12. The normalized spacial score (nSPS) is 8.11. The van der Waals surface area contributed by atoms with Crippen LogP contribution in [0.5, 0.6) is 0 Å². The van der Waals surface area contributed by atoms with E-state index in [4.69, 9.17) is 5.73 Å². The van der Waals surface area contributed by atoms with Crippen molar-refractivity contribution in [2.45, 2.75) is 0 Å². The Hall–Kier alpha value is 0.0400. The molecule has 0 amide bonds. The van der Waals surface area contributed by atoms with Crippen LogP contribution in [0, 0.1) is 3.57 Å². The minimum atomic E-state index is 0. The highest BCUT2D eigenvalue weighted by Crippen LogP contribution is 2.11. The highest BCUT2D eigenvalue weighted by atomic mass is 127. The van der Waals surface area contributed by atoms with E-state index in [1.54, 1.807) is 0 Å². The van der Waals surface area contributed by atoms with Gasteiger partial charge in [0.1, 0.15) is 0 Å². The van der Waals surface area contributed by atoms with Gasteiger partial charge in [-0.25, -0.2) is 0 Å². The molecule has 0 aliphatic rings. The Morgan fingerprint density at radius 1 is 1.22 bits per heavy atom. The summed E-state index contributed by atoms with van der Waals surface area (Å²) in [6, 6.07) is 7.77. The molecular formula is C6H7ClIN. The van der Waals surface area contributed by atoms with Crippen molar-refractivity contribution in [1.82, 2.24) is 0 Å². The third-order valence-electron chi connectivity index (χ3n) is 0.905. The van der Waals surface area contributed by atoms with Crippen molar-refractivity contribution in [1.29, 1.82) is 0 Å². The van der Waals surface area contributed by atoms with Crippen LogP contribution in [0.3, 0.4) is 0 Å². The first-order valence-electron chi connectivity index (χ1n) is 2.31. The average Bonchev–Trinajstić information content (AvgIpc) is 1.77. The van der Waals surface area contributed by atoms with Gasteiger partial charge in [0, 0.05) is 9.26 Å². The molecule has 0 atom stereocenters. The lowest BCUT2D eigenvalue weighted by Crippen LogP contribution is -1.85. The van der Waals surface area contributed by atoms with E-state index in [1.165, 1.54) is 0 Å². The SMILES string of the molecule is Cl.Nc1ccccc1I. The monoisotopic (exact) mass is 255 g/mol. The van der Waals surface area contributed by atoms with Crippen molar-refractivity contribution in [2.24, 2.45) is 0 Å². The van der Waals surface area contributed by atoms with Crippen LogP contribution in [0.15, 0.2) is 24.3 Å². The highest BCUT2D eigenvalue weighted by molar-refractivity contribution is 14.1. The summed E-state index contributed by atoms with van der Waals surface area (Å²) in [7, 11) is 0. The second-order valence-electron chi connectivity index (χ2n) is 1.52. The van der Waals surface area contributed by atoms with Crippen LogP contribution >= 0.6 is 35.0 Å². The number of nitrogens with two attached hydrogens (primary N) is 1. The minimum absolute atomic E-state index is 0. The Morgan fingerprint density at radius 2 is 1.78 bits per heavy atom. The van der Waals surface area contributed by atoms with Gasteiger partial charge in [-0.1, -0.05) is 12.1 Å². The third kappa shape index (κ3) is 2.41. The van der Waals surface area contributed by atoms with Crippen LogP contribution in [-0.2, 0) is 0 Å². The molecule has 1 nitrogen and oxygen atoms in total. The van der Waals surface area contributed by atoms with E-state index in [0.29, 0.717) is 0 Å². The molecule has 1 aromatic carbocycles. The van der Waals surface area contributed by atoms with Crippen LogP contribution in [0.25, 0.3) is 0 Å². The molecular weight excluding hydrogens is 248 g/mol. The van der Waals surface area contributed by atoms with Crippen molar-refractivity contribution >= 4 is 40.7 Å². The van der Waals surface area contributed by atoms with E-state index in [-0.39, 0.29) is 12.4 Å². The Morgan fingerprint density at radius 3 is 2.11 bits per heavy atom. The predicted molar refractivity (Wildman–Crippen MR) is 50.8 cm³/mol. The summed E-state index contributed by atoms with van der Waals surface area (Å²) in [6.07, 6.45) is 0. The van der Waals surface area contributed by atoms with E-state index < -0.39 is 0 Å². The molecule has 0 bridgehead atoms. The van der Waals surface area contributed by atoms with E-state index >= 15 is 0 Å². The van der Waals surface area contributed by atoms with E-state index in [9.17, 15) is 0 Å². The zero-order chi connectivity index (χ0) is 5.98. The summed E-state index contributed by atoms with van der Waals surface area (Å²) in [5, 5.41) is 0. The molecule has 0 saturated carbocycles. The number of halogens is 2. The zero-order valence-corrected chi connectivity index (χ0v) is 7.65.